The van der Waals surface area contributed by atoms with Crippen LogP contribution in [-0.4, -0.2) is 18.5 Å². The van der Waals surface area contributed by atoms with Crippen molar-refractivity contribution in [3.8, 4) is 0 Å². The van der Waals surface area contributed by atoms with E-state index in [1.807, 2.05) is 26.1 Å². The lowest BCUT2D eigenvalue weighted by molar-refractivity contribution is 0.316. The third-order valence-corrected chi connectivity index (χ3v) is 6.61. The summed E-state index contributed by atoms with van der Waals surface area (Å²) in [5.41, 5.74) is 9.65. The molecule has 0 bridgehead atoms. The monoisotopic (exact) mass is 444 g/mol. The Morgan fingerprint density at radius 3 is 2.48 bits per heavy atom. The number of rotatable bonds is 7. The molecule has 0 amide bonds. The van der Waals surface area contributed by atoms with Crippen LogP contribution in [0.15, 0.2) is 78.7 Å². The Bertz CT molecular complexity index is 1120. The van der Waals surface area contributed by atoms with Crippen LogP contribution in [0.25, 0.3) is 5.57 Å². The zero-order chi connectivity index (χ0) is 24.3. The maximum absolute atomic E-state index is 14.2. The van der Waals surface area contributed by atoms with Crippen LogP contribution in [0.2, 0.25) is 0 Å². The predicted octanol–water partition coefficient (Wildman–Crippen LogP) is 7.80. The Labute approximate surface area is 199 Å². The average Bonchev–Trinajstić information content (AvgIpc) is 2.79. The maximum atomic E-state index is 14.2. The SMILES string of the molecule is C=C/C(C(=C)N(C)c1ccc(C)c(C)c1)=C1\C(=C/C)c2cc(F)ccc2CN1CCC(C)C. The van der Waals surface area contributed by atoms with Gasteiger partial charge in [0, 0.05) is 42.7 Å². The molecule has 174 valence electrons. The van der Waals surface area contributed by atoms with Crippen molar-refractivity contribution >= 4 is 11.3 Å². The van der Waals surface area contributed by atoms with Gasteiger partial charge in [-0.1, -0.05) is 51.3 Å². The van der Waals surface area contributed by atoms with Crippen LogP contribution in [0.3, 0.4) is 0 Å². The Hall–Kier alpha value is -3.07. The smallest absolute Gasteiger partial charge is 0.123 e. The largest absolute Gasteiger partial charge is 0.366 e. The molecule has 3 heteroatoms. The molecule has 0 aromatic heterocycles. The normalized spacial score (nSPS) is 16.1. The van der Waals surface area contributed by atoms with Crippen molar-refractivity contribution in [1.82, 2.24) is 4.90 Å². The van der Waals surface area contributed by atoms with Crippen molar-refractivity contribution in [1.29, 1.82) is 0 Å². The molecule has 0 fully saturated rings. The summed E-state index contributed by atoms with van der Waals surface area (Å²) in [6.07, 6.45) is 5.05. The van der Waals surface area contributed by atoms with E-state index in [0.717, 1.165) is 58.9 Å². The van der Waals surface area contributed by atoms with Gasteiger partial charge < -0.3 is 9.80 Å². The highest BCUT2D eigenvalue weighted by Crippen LogP contribution is 2.40. The van der Waals surface area contributed by atoms with Crippen molar-refractivity contribution in [3.05, 3.63) is 107 Å². The van der Waals surface area contributed by atoms with Gasteiger partial charge >= 0.3 is 0 Å². The second-order valence-electron chi connectivity index (χ2n) is 9.35. The molecule has 2 aromatic carbocycles. The number of nitrogens with zero attached hydrogens (tertiary/aromatic N) is 2. The fraction of sp³-hybridized carbons (Fsp3) is 0.333. The Kier molecular flexibility index (Phi) is 7.63. The number of fused-ring (bicyclic) bond motifs is 1. The van der Waals surface area contributed by atoms with Gasteiger partial charge in [-0.2, -0.15) is 0 Å². The first-order valence-corrected chi connectivity index (χ1v) is 11.7. The number of hydrogen-bond acceptors (Lipinski definition) is 2. The molecule has 0 unspecified atom stereocenters. The lowest BCUT2D eigenvalue weighted by atomic mass is 9.88. The Balaban J connectivity index is 2.15. The van der Waals surface area contributed by atoms with Gasteiger partial charge in [0.05, 0.1) is 5.70 Å². The molecule has 0 atom stereocenters. The Morgan fingerprint density at radius 2 is 1.88 bits per heavy atom. The molecule has 2 nitrogen and oxygen atoms in total. The first-order chi connectivity index (χ1) is 15.7. The molecule has 33 heavy (non-hydrogen) atoms. The second-order valence-corrected chi connectivity index (χ2v) is 9.35. The van der Waals surface area contributed by atoms with Gasteiger partial charge in [-0.25, -0.2) is 4.39 Å². The summed E-state index contributed by atoms with van der Waals surface area (Å²) < 4.78 is 14.2. The highest BCUT2D eigenvalue weighted by atomic mass is 19.1. The molecule has 0 radical (unpaired) electrons. The summed E-state index contributed by atoms with van der Waals surface area (Å²) in [5.74, 6) is 0.373. The molecule has 0 spiro atoms. The summed E-state index contributed by atoms with van der Waals surface area (Å²) in [7, 11) is 2.04. The third-order valence-electron chi connectivity index (χ3n) is 6.61. The first kappa shape index (κ1) is 24.6. The minimum atomic E-state index is -0.214. The van der Waals surface area contributed by atoms with Crippen molar-refractivity contribution < 1.29 is 4.39 Å². The number of halogens is 1. The highest BCUT2D eigenvalue weighted by molar-refractivity contribution is 5.84. The van der Waals surface area contributed by atoms with E-state index in [1.165, 1.54) is 11.1 Å². The maximum Gasteiger partial charge on any atom is 0.123 e. The van der Waals surface area contributed by atoms with E-state index in [-0.39, 0.29) is 5.82 Å². The molecule has 1 aliphatic heterocycles. The van der Waals surface area contributed by atoms with Crippen molar-refractivity contribution in [2.75, 3.05) is 18.5 Å². The minimum Gasteiger partial charge on any atom is -0.366 e. The summed E-state index contributed by atoms with van der Waals surface area (Å²) in [6, 6.07) is 11.6. The summed E-state index contributed by atoms with van der Waals surface area (Å²) in [6.45, 7) is 21.0. The summed E-state index contributed by atoms with van der Waals surface area (Å²) >= 11 is 0. The molecule has 3 rings (SSSR count). The van der Waals surface area contributed by atoms with E-state index in [0.29, 0.717) is 5.92 Å². The first-order valence-electron chi connectivity index (χ1n) is 11.7. The summed E-state index contributed by atoms with van der Waals surface area (Å²) in [5, 5.41) is 0. The number of hydrogen-bond donors (Lipinski definition) is 0. The molecule has 0 N–H and O–H groups in total. The predicted molar refractivity (Wildman–Crippen MR) is 141 cm³/mol. The Morgan fingerprint density at radius 1 is 1.15 bits per heavy atom. The zero-order valence-corrected chi connectivity index (χ0v) is 21.0. The molecule has 0 aliphatic carbocycles. The van der Waals surface area contributed by atoms with E-state index < -0.39 is 0 Å². The molecule has 0 saturated carbocycles. The highest BCUT2D eigenvalue weighted by Gasteiger charge is 2.28. The fourth-order valence-electron chi connectivity index (χ4n) is 4.35. The molecule has 1 aliphatic rings. The average molecular weight is 445 g/mol. The standard InChI is InChI=1S/C30H37FN2/c1-9-27(23(7)32(8)26-14-11-21(5)22(6)17-26)30-28(10-2)29-18-25(31)13-12-24(29)19-33(30)16-15-20(3)4/h9-14,17-18,20H,1,7,15-16,19H2,2-6,8H3/b28-10-,30-27-. The molecule has 1 heterocycles. The molecular formula is C30H37FN2. The number of likely N-dealkylation sites (N-methyl/N-ethyl adjacent to an activating group) is 1. The van der Waals surface area contributed by atoms with E-state index in [9.17, 15) is 4.39 Å². The van der Waals surface area contributed by atoms with Crippen molar-refractivity contribution in [3.63, 3.8) is 0 Å². The van der Waals surface area contributed by atoms with Crippen LogP contribution in [0.1, 0.15) is 49.4 Å². The number of allylic oxidation sites excluding steroid dienone is 3. The van der Waals surface area contributed by atoms with Crippen LogP contribution >= 0.6 is 0 Å². The van der Waals surface area contributed by atoms with Gasteiger partial charge in [0.1, 0.15) is 5.82 Å². The number of aryl methyl sites for hydroxylation is 2. The van der Waals surface area contributed by atoms with E-state index in [1.54, 1.807) is 12.1 Å². The number of benzene rings is 2. The van der Waals surface area contributed by atoms with Crippen LogP contribution in [0.5, 0.6) is 0 Å². The topological polar surface area (TPSA) is 6.48 Å². The number of anilines is 1. The van der Waals surface area contributed by atoms with Crippen molar-refractivity contribution in [2.45, 2.75) is 47.6 Å². The third kappa shape index (κ3) is 5.13. The van der Waals surface area contributed by atoms with Crippen molar-refractivity contribution in [2.24, 2.45) is 5.92 Å². The quantitative estimate of drug-likeness (QED) is 0.430. The molecule has 2 aromatic rings. The van der Waals surface area contributed by atoms with E-state index in [4.69, 9.17) is 0 Å². The van der Waals surface area contributed by atoms with Crippen LogP contribution in [0.4, 0.5) is 10.1 Å². The molecule has 0 saturated heterocycles. The lowest BCUT2D eigenvalue weighted by Crippen LogP contribution is -2.32. The van der Waals surface area contributed by atoms with Gasteiger partial charge in [0.25, 0.3) is 0 Å². The van der Waals surface area contributed by atoms with Crippen LogP contribution < -0.4 is 4.90 Å². The van der Waals surface area contributed by atoms with Gasteiger partial charge in [-0.15, -0.1) is 0 Å². The van der Waals surface area contributed by atoms with E-state index in [2.05, 4.69) is 74.9 Å². The van der Waals surface area contributed by atoms with Gasteiger partial charge in [-0.05, 0) is 79.6 Å². The van der Waals surface area contributed by atoms with Gasteiger partial charge in [0.2, 0.25) is 0 Å². The zero-order valence-electron chi connectivity index (χ0n) is 21.0. The van der Waals surface area contributed by atoms with Crippen LogP contribution in [0, 0.1) is 25.6 Å². The minimum absolute atomic E-state index is 0.214. The van der Waals surface area contributed by atoms with Gasteiger partial charge in [-0.3, -0.25) is 0 Å². The van der Waals surface area contributed by atoms with Gasteiger partial charge in [0.15, 0.2) is 0 Å². The van der Waals surface area contributed by atoms with E-state index >= 15 is 0 Å². The summed E-state index contributed by atoms with van der Waals surface area (Å²) in [4.78, 5) is 4.53. The van der Waals surface area contributed by atoms with Crippen LogP contribution in [-0.2, 0) is 6.54 Å². The lowest BCUT2D eigenvalue weighted by Gasteiger charge is -2.38. The fourth-order valence-corrected chi connectivity index (χ4v) is 4.35. The molecular weight excluding hydrogens is 407 g/mol. The second kappa shape index (κ2) is 10.2.